The second-order valence-electron chi connectivity index (χ2n) is 8.33. The van der Waals surface area contributed by atoms with Crippen molar-refractivity contribution in [3.8, 4) is 0 Å². The fourth-order valence-corrected chi connectivity index (χ4v) is 4.80. The molecule has 4 rings (SSSR count). The van der Waals surface area contributed by atoms with Crippen molar-refractivity contribution in [1.82, 2.24) is 9.97 Å². The van der Waals surface area contributed by atoms with Gasteiger partial charge in [-0.15, -0.1) is 0 Å². The predicted octanol–water partition coefficient (Wildman–Crippen LogP) is 4.80. The van der Waals surface area contributed by atoms with E-state index in [9.17, 15) is 22.2 Å². The van der Waals surface area contributed by atoms with Crippen molar-refractivity contribution in [3.63, 3.8) is 0 Å². The molecule has 1 amide bonds. The summed E-state index contributed by atoms with van der Waals surface area (Å²) in [6.07, 6.45) is -0.302. The van der Waals surface area contributed by atoms with Crippen molar-refractivity contribution in [2.45, 2.75) is 36.8 Å². The van der Waals surface area contributed by atoms with Crippen LogP contribution in [0.1, 0.15) is 36.0 Å². The van der Waals surface area contributed by atoms with Crippen molar-refractivity contribution in [2.75, 3.05) is 29.1 Å². The number of carbonyl (C=O) groups is 1. The summed E-state index contributed by atoms with van der Waals surface area (Å²) in [4.78, 5) is 23.8. The summed E-state index contributed by atoms with van der Waals surface area (Å²) in [6.45, 7) is 3.15. The second-order valence-corrected chi connectivity index (χ2v) is 10.1. The van der Waals surface area contributed by atoms with Crippen LogP contribution < -0.4 is 10.2 Å². The van der Waals surface area contributed by atoms with Crippen LogP contribution in [0.2, 0.25) is 0 Å². The van der Waals surface area contributed by atoms with Gasteiger partial charge >= 0.3 is 6.18 Å². The minimum atomic E-state index is -4.34. The van der Waals surface area contributed by atoms with E-state index in [4.69, 9.17) is 0 Å². The summed E-state index contributed by atoms with van der Waals surface area (Å²) in [5.41, 5.74) is 1.49. The van der Waals surface area contributed by atoms with Crippen molar-refractivity contribution in [3.05, 3.63) is 77.6 Å². The van der Waals surface area contributed by atoms with E-state index in [-0.39, 0.29) is 18.2 Å². The Balaban J connectivity index is 1.31. The molecule has 1 saturated heterocycles. The van der Waals surface area contributed by atoms with Crippen LogP contribution in [0, 0.1) is 0 Å². The number of hydrogen-bond donors (Lipinski definition) is 1. The lowest BCUT2D eigenvalue weighted by atomic mass is 9.97. The van der Waals surface area contributed by atoms with Gasteiger partial charge < -0.3 is 10.2 Å². The van der Waals surface area contributed by atoms with Crippen LogP contribution in [0.3, 0.4) is 0 Å². The van der Waals surface area contributed by atoms with Gasteiger partial charge in [-0.05, 0) is 41.8 Å². The third-order valence-electron chi connectivity index (χ3n) is 5.92. The quantitative estimate of drug-likeness (QED) is 0.503. The van der Waals surface area contributed by atoms with Crippen LogP contribution in [-0.4, -0.2) is 38.9 Å². The van der Waals surface area contributed by atoms with Crippen LogP contribution in [0.5, 0.6) is 0 Å². The Kier molecular flexibility index (Phi) is 7.49. The van der Waals surface area contributed by atoms with Crippen molar-refractivity contribution in [2.24, 2.45) is 0 Å². The average Bonchev–Trinajstić information content (AvgIpc) is 3.34. The van der Waals surface area contributed by atoms with Gasteiger partial charge in [-0.25, -0.2) is 9.97 Å². The Bertz CT molecular complexity index is 1180. The van der Waals surface area contributed by atoms with Crippen molar-refractivity contribution >= 4 is 28.3 Å². The van der Waals surface area contributed by atoms with Crippen LogP contribution in [0.15, 0.2) is 65.8 Å². The molecule has 0 saturated carbocycles. The van der Waals surface area contributed by atoms with Gasteiger partial charge in [0.1, 0.15) is 0 Å². The Hall–Kier alpha value is -3.27. The summed E-state index contributed by atoms with van der Waals surface area (Å²) in [6, 6.07) is 12.4. The van der Waals surface area contributed by atoms with Gasteiger partial charge in [0.15, 0.2) is 0 Å². The average molecular weight is 503 g/mol. The number of carbonyl (C=O) groups excluding carboxylic acids is 1. The monoisotopic (exact) mass is 502 g/mol. The number of alkyl halides is 3. The highest BCUT2D eigenvalue weighted by atomic mass is 32.2. The van der Waals surface area contributed by atoms with E-state index in [0.717, 1.165) is 34.6 Å². The number of aromatic nitrogens is 2. The standard InChI is InChI=1S/C25H25F3N4O2S/c1-2-35(34)22-9-3-17(4-10-22)13-23(33)31-21-14-29-24(30-15-21)32-12-11-19(16-32)18-5-7-20(8-6-18)25(26,27)28/h3-10,14-15,19H,2,11-13,16H2,1H3,(H,31,33). The Morgan fingerprint density at radius 3 is 2.34 bits per heavy atom. The summed E-state index contributed by atoms with van der Waals surface area (Å²) in [5, 5.41) is 2.77. The molecule has 1 aliphatic rings. The molecular formula is C25H25F3N4O2S. The molecule has 0 aliphatic carbocycles. The first-order valence-electron chi connectivity index (χ1n) is 11.2. The van der Waals surface area contributed by atoms with Crippen LogP contribution >= 0.6 is 0 Å². The molecule has 2 atom stereocenters. The van der Waals surface area contributed by atoms with Gasteiger partial charge in [0.2, 0.25) is 11.9 Å². The number of nitrogens with one attached hydrogen (secondary N) is 1. The molecule has 2 aromatic carbocycles. The SMILES string of the molecule is CCS(=O)c1ccc(CC(=O)Nc2cnc(N3CCC(c4ccc(C(F)(F)F)cc4)C3)nc2)cc1. The summed E-state index contributed by atoms with van der Waals surface area (Å²) >= 11 is 0. The number of hydrogen-bond acceptors (Lipinski definition) is 5. The molecule has 1 fully saturated rings. The zero-order chi connectivity index (χ0) is 25.0. The van der Waals surface area contributed by atoms with E-state index in [0.29, 0.717) is 30.5 Å². The topological polar surface area (TPSA) is 75.2 Å². The molecule has 1 aromatic heterocycles. The number of benzene rings is 2. The molecular weight excluding hydrogens is 477 g/mol. The zero-order valence-corrected chi connectivity index (χ0v) is 19.9. The van der Waals surface area contributed by atoms with Gasteiger partial charge in [0.05, 0.1) is 40.9 Å². The molecule has 3 aromatic rings. The number of amides is 1. The maximum Gasteiger partial charge on any atom is 0.416 e. The highest BCUT2D eigenvalue weighted by Gasteiger charge is 2.31. The highest BCUT2D eigenvalue weighted by molar-refractivity contribution is 7.85. The number of anilines is 2. The lowest BCUT2D eigenvalue weighted by molar-refractivity contribution is -0.137. The third-order valence-corrected chi connectivity index (χ3v) is 7.24. The molecule has 0 spiro atoms. The van der Waals surface area contributed by atoms with E-state index < -0.39 is 22.5 Å². The molecule has 35 heavy (non-hydrogen) atoms. The molecule has 1 N–H and O–H groups in total. The summed E-state index contributed by atoms with van der Waals surface area (Å²) < 4.78 is 50.2. The van der Waals surface area contributed by atoms with Gasteiger partial charge in [-0.3, -0.25) is 9.00 Å². The molecule has 184 valence electrons. The van der Waals surface area contributed by atoms with Gasteiger partial charge in [-0.1, -0.05) is 31.2 Å². The van der Waals surface area contributed by atoms with Crippen LogP contribution in [-0.2, 0) is 28.2 Å². The third kappa shape index (κ3) is 6.25. The van der Waals surface area contributed by atoms with E-state index in [1.807, 2.05) is 11.8 Å². The smallest absolute Gasteiger partial charge is 0.340 e. The largest absolute Gasteiger partial charge is 0.416 e. The molecule has 10 heteroatoms. The molecule has 0 bridgehead atoms. The summed E-state index contributed by atoms with van der Waals surface area (Å²) in [7, 11) is -1.03. The van der Waals surface area contributed by atoms with Crippen LogP contribution in [0.25, 0.3) is 0 Å². The fraction of sp³-hybridized carbons (Fsp3) is 0.320. The molecule has 2 heterocycles. The van der Waals surface area contributed by atoms with Crippen LogP contribution in [0.4, 0.5) is 24.8 Å². The molecule has 1 aliphatic heterocycles. The van der Waals surface area contributed by atoms with Gasteiger partial charge in [0.25, 0.3) is 0 Å². The maximum absolute atomic E-state index is 12.8. The first-order valence-corrected chi connectivity index (χ1v) is 12.6. The lowest BCUT2D eigenvalue weighted by Gasteiger charge is -2.17. The predicted molar refractivity (Wildman–Crippen MR) is 129 cm³/mol. The molecule has 2 unspecified atom stereocenters. The second kappa shape index (κ2) is 10.6. The van der Waals surface area contributed by atoms with Gasteiger partial charge in [-0.2, -0.15) is 13.2 Å². The minimum Gasteiger partial charge on any atom is -0.340 e. The Morgan fingerprint density at radius 1 is 1.09 bits per heavy atom. The Morgan fingerprint density at radius 2 is 1.74 bits per heavy atom. The maximum atomic E-state index is 12.8. The van der Waals surface area contributed by atoms with E-state index in [1.165, 1.54) is 12.1 Å². The molecule has 0 radical (unpaired) electrons. The summed E-state index contributed by atoms with van der Waals surface area (Å²) in [5.74, 6) is 0.941. The van der Waals surface area contributed by atoms with Crippen molar-refractivity contribution in [1.29, 1.82) is 0 Å². The molecule has 6 nitrogen and oxygen atoms in total. The zero-order valence-electron chi connectivity index (χ0n) is 19.1. The van der Waals surface area contributed by atoms with Crippen molar-refractivity contribution < 1.29 is 22.2 Å². The number of rotatable bonds is 7. The normalized spacial score (nSPS) is 16.8. The Labute approximate surface area is 204 Å². The van der Waals surface area contributed by atoms with E-state index in [2.05, 4.69) is 15.3 Å². The minimum absolute atomic E-state index is 0.0985. The van der Waals surface area contributed by atoms with E-state index in [1.54, 1.807) is 36.7 Å². The lowest BCUT2D eigenvalue weighted by Crippen LogP contribution is -2.22. The fourth-order valence-electron chi connectivity index (χ4n) is 4.02. The first-order chi connectivity index (χ1) is 16.7. The number of nitrogens with zero attached hydrogens (tertiary/aromatic N) is 3. The van der Waals surface area contributed by atoms with E-state index >= 15 is 0 Å². The highest BCUT2D eigenvalue weighted by Crippen LogP contribution is 2.33. The van der Waals surface area contributed by atoms with Gasteiger partial charge in [0, 0.05) is 29.7 Å². The number of halogens is 3. The first kappa shape index (κ1) is 24.8.